The predicted molar refractivity (Wildman–Crippen MR) is 82.9 cm³/mol. The van der Waals surface area contributed by atoms with Crippen LogP contribution in [0.5, 0.6) is 5.75 Å². The van der Waals surface area contributed by atoms with Crippen molar-refractivity contribution in [1.29, 1.82) is 0 Å². The summed E-state index contributed by atoms with van der Waals surface area (Å²) in [5.41, 5.74) is 0.694. The number of rotatable bonds is 4. The van der Waals surface area contributed by atoms with Crippen LogP contribution in [-0.4, -0.2) is 12.4 Å². The minimum absolute atomic E-state index is 0.0641. The van der Waals surface area contributed by atoms with Crippen molar-refractivity contribution in [3.63, 3.8) is 0 Å². The van der Waals surface area contributed by atoms with Crippen LogP contribution < -0.4 is 4.74 Å². The van der Waals surface area contributed by atoms with Crippen molar-refractivity contribution in [2.45, 2.75) is 6.92 Å². The van der Waals surface area contributed by atoms with Gasteiger partial charge in [0, 0.05) is 10.3 Å². The number of hydrogen-bond donors (Lipinski definition) is 0. The molecule has 20 heavy (non-hydrogen) atoms. The van der Waals surface area contributed by atoms with Crippen LogP contribution in [0.3, 0.4) is 0 Å². The monoisotopic (exact) mass is 282 g/mol. The molecular weight excluding hydrogens is 268 g/mol. The summed E-state index contributed by atoms with van der Waals surface area (Å²) in [4.78, 5) is 13.2. The lowest BCUT2D eigenvalue weighted by molar-refractivity contribution is 0.104. The topological polar surface area (TPSA) is 26.3 Å². The van der Waals surface area contributed by atoms with Crippen LogP contribution in [0.15, 0.2) is 54.6 Å². The van der Waals surface area contributed by atoms with Gasteiger partial charge >= 0.3 is 0 Å². The van der Waals surface area contributed by atoms with Gasteiger partial charge in [-0.1, -0.05) is 18.2 Å². The van der Waals surface area contributed by atoms with Crippen LogP contribution in [0, 0.1) is 0 Å². The van der Waals surface area contributed by atoms with Crippen molar-refractivity contribution in [2.75, 3.05) is 6.61 Å². The molecule has 0 radical (unpaired) electrons. The number of carbonyl (C=O) groups excluding carboxylic acids is 1. The molecule has 0 unspecified atom stereocenters. The third kappa shape index (κ3) is 2.45. The Balaban J connectivity index is 1.91. The molecule has 0 amide bonds. The Morgan fingerprint density at radius 2 is 1.85 bits per heavy atom. The molecule has 100 valence electrons. The number of ketones is 1. The largest absolute Gasteiger partial charge is 0.494 e. The lowest BCUT2D eigenvalue weighted by atomic mass is 10.1. The highest BCUT2D eigenvalue weighted by atomic mass is 32.1. The Morgan fingerprint density at radius 3 is 2.55 bits per heavy atom. The van der Waals surface area contributed by atoms with Crippen molar-refractivity contribution in [1.82, 2.24) is 0 Å². The molecule has 0 spiro atoms. The fourth-order valence-corrected chi connectivity index (χ4v) is 3.13. The summed E-state index contributed by atoms with van der Waals surface area (Å²) in [7, 11) is 0. The van der Waals surface area contributed by atoms with Crippen molar-refractivity contribution in [3.05, 3.63) is 65.0 Å². The van der Waals surface area contributed by atoms with E-state index in [1.54, 1.807) is 0 Å². The molecule has 3 aromatic rings. The summed E-state index contributed by atoms with van der Waals surface area (Å²) < 4.78 is 6.53. The molecule has 0 aliphatic heterocycles. The first kappa shape index (κ1) is 12.9. The molecule has 0 bridgehead atoms. The van der Waals surface area contributed by atoms with Crippen molar-refractivity contribution in [2.24, 2.45) is 0 Å². The Labute approximate surface area is 121 Å². The predicted octanol–water partition coefficient (Wildman–Crippen LogP) is 4.53. The molecule has 0 aliphatic carbocycles. The number of hydrogen-bond acceptors (Lipinski definition) is 3. The highest BCUT2D eigenvalue weighted by Crippen LogP contribution is 2.27. The van der Waals surface area contributed by atoms with Gasteiger partial charge in [-0.05, 0) is 48.7 Å². The van der Waals surface area contributed by atoms with E-state index in [1.807, 2.05) is 61.5 Å². The van der Waals surface area contributed by atoms with Crippen LogP contribution in [-0.2, 0) is 0 Å². The van der Waals surface area contributed by atoms with E-state index in [0.717, 1.165) is 20.7 Å². The minimum atomic E-state index is 0.0641. The molecule has 3 rings (SSSR count). The molecule has 0 aliphatic rings. The minimum Gasteiger partial charge on any atom is -0.494 e. The van der Waals surface area contributed by atoms with Gasteiger partial charge in [0.2, 0.25) is 5.78 Å². The molecule has 0 fully saturated rings. The van der Waals surface area contributed by atoms with Crippen LogP contribution >= 0.6 is 11.3 Å². The van der Waals surface area contributed by atoms with Gasteiger partial charge in [0.05, 0.1) is 11.5 Å². The van der Waals surface area contributed by atoms with Gasteiger partial charge in [-0.2, -0.15) is 0 Å². The SMILES string of the molecule is CCOc1ccc(C(=O)c2cc3ccccc3s2)cc1. The standard InChI is InChI=1S/C17H14O2S/c1-2-19-14-9-7-12(8-10-14)17(18)16-11-13-5-3-4-6-15(13)20-16/h3-11H,2H2,1H3. The fraction of sp³-hybridized carbons (Fsp3) is 0.118. The molecule has 0 atom stereocenters. The van der Waals surface area contributed by atoms with E-state index in [9.17, 15) is 4.79 Å². The molecule has 2 aromatic carbocycles. The molecule has 3 heteroatoms. The Morgan fingerprint density at radius 1 is 1.10 bits per heavy atom. The zero-order valence-corrected chi connectivity index (χ0v) is 11.9. The molecule has 0 N–H and O–H groups in total. The quantitative estimate of drug-likeness (QED) is 0.657. The number of ether oxygens (including phenoxy) is 1. The third-order valence-corrected chi connectivity index (χ3v) is 4.19. The van der Waals surface area contributed by atoms with Gasteiger partial charge in [0.15, 0.2) is 0 Å². The first-order valence-electron chi connectivity index (χ1n) is 6.54. The summed E-state index contributed by atoms with van der Waals surface area (Å²) in [6, 6.07) is 17.3. The van der Waals surface area contributed by atoms with E-state index >= 15 is 0 Å². The first-order chi connectivity index (χ1) is 9.78. The van der Waals surface area contributed by atoms with Crippen LogP contribution in [0.4, 0.5) is 0 Å². The fourth-order valence-electron chi connectivity index (χ4n) is 2.11. The Kier molecular flexibility index (Phi) is 3.52. The Bertz CT molecular complexity index is 708. The highest BCUT2D eigenvalue weighted by molar-refractivity contribution is 7.21. The molecular formula is C17H14O2S. The lowest BCUT2D eigenvalue weighted by Crippen LogP contribution is -1.98. The maximum Gasteiger partial charge on any atom is 0.202 e. The second kappa shape index (κ2) is 5.47. The first-order valence-corrected chi connectivity index (χ1v) is 7.35. The summed E-state index contributed by atoms with van der Waals surface area (Å²) >= 11 is 1.53. The zero-order valence-electron chi connectivity index (χ0n) is 11.1. The molecule has 1 aromatic heterocycles. The van der Waals surface area contributed by atoms with Crippen molar-refractivity contribution < 1.29 is 9.53 Å². The van der Waals surface area contributed by atoms with E-state index in [-0.39, 0.29) is 5.78 Å². The summed E-state index contributed by atoms with van der Waals surface area (Å²) in [6.07, 6.45) is 0. The van der Waals surface area contributed by atoms with Gasteiger partial charge in [0.1, 0.15) is 5.75 Å². The van der Waals surface area contributed by atoms with Gasteiger partial charge in [-0.15, -0.1) is 11.3 Å². The molecule has 0 saturated heterocycles. The van der Waals surface area contributed by atoms with Gasteiger partial charge in [-0.3, -0.25) is 4.79 Å². The van der Waals surface area contributed by atoms with Crippen LogP contribution in [0.2, 0.25) is 0 Å². The van der Waals surface area contributed by atoms with E-state index in [0.29, 0.717) is 12.2 Å². The second-order valence-electron chi connectivity index (χ2n) is 4.43. The summed E-state index contributed by atoms with van der Waals surface area (Å²) in [5, 5.41) is 1.12. The third-order valence-electron chi connectivity index (χ3n) is 3.08. The normalized spacial score (nSPS) is 10.7. The zero-order chi connectivity index (χ0) is 13.9. The lowest BCUT2D eigenvalue weighted by Gasteiger charge is -2.03. The van der Waals surface area contributed by atoms with Gasteiger partial charge < -0.3 is 4.74 Å². The average Bonchev–Trinajstić information content (AvgIpc) is 2.91. The van der Waals surface area contributed by atoms with Crippen LogP contribution in [0.1, 0.15) is 22.2 Å². The van der Waals surface area contributed by atoms with E-state index in [1.165, 1.54) is 11.3 Å². The second-order valence-corrected chi connectivity index (χ2v) is 5.52. The van der Waals surface area contributed by atoms with E-state index in [2.05, 4.69) is 0 Å². The van der Waals surface area contributed by atoms with Crippen molar-refractivity contribution in [3.8, 4) is 5.75 Å². The number of benzene rings is 2. The van der Waals surface area contributed by atoms with Crippen molar-refractivity contribution >= 4 is 27.2 Å². The van der Waals surface area contributed by atoms with Crippen LogP contribution in [0.25, 0.3) is 10.1 Å². The number of carbonyl (C=O) groups is 1. The van der Waals surface area contributed by atoms with Gasteiger partial charge in [-0.25, -0.2) is 0 Å². The van der Waals surface area contributed by atoms with Gasteiger partial charge in [0.25, 0.3) is 0 Å². The molecule has 0 saturated carbocycles. The molecule has 2 nitrogen and oxygen atoms in total. The maximum atomic E-state index is 12.5. The highest BCUT2D eigenvalue weighted by Gasteiger charge is 2.12. The maximum absolute atomic E-state index is 12.5. The summed E-state index contributed by atoms with van der Waals surface area (Å²) in [5.74, 6) is 0.856. The average molecular weight is 282 g/mol. The Hall–Kier alpha value is -2.13. The smallest absolute Gasteiger partial charge is 0.202 e. The van der Waals surface area contributed by atoms with E-state index < -0.39 is 0 Å². The summed E-state index contributed by atoms with van der Waals surface area (Å²) in [6.45, 7) is 2.57. The number of thiophene rings is 1. The van der Waals surface area contributed by atoms with E-state index in [4.69, 9.17) is 4.74 Å². The number of fused-ring (bicyclic) bond motifs is 1. The molecule has 1 heterocycles.